The molecule has 29 heavy (non-hydrogen) atoms. The lowest BCUT2D eigenvalue weighted by Crippen LogP contribution is -2.08. The third-order valence-electron chi connectivity index (χ3n) is 4.24. The molecule has 0 amide bonds. The average molecular weight is 414 g/mol. The van der Waals surface area contributed by atoms with Gasteiger partial charge in [0.2, 0.25) is 5.88 Å². The molecule has 0 fully saturated rings. The zero-order valence-corrected chi connectivity index (χ0v) is 16.9. The van der Waals surface area contributed by atoms with Gasteiger partial charge in [0.05, 0.1) is 23.9 Å². The van der Waals surface area contributed by atoms with Crippen LogP contribution in [0, 0.1) is 6.92 Å². The summed E-state index contributed by atoms with van der Waals surface area (Å²) in [5.74, 6) is 6.38. The molecule has 7 nitrogen and oxygen atoms in total. The topological polar surface area (TPSA) is 88.6 Å². The van der Waals surface area contributed by atoms with Gasteiger partial charge in [0.25, 0.3) is 0 Å². The first-order valence-corrected chi connectivity index (χ1v) is 9.05. The number of aromatic nitrogens is 2. The molecule has 0 unspecified atom stereocenters. The van der Waals surface area contributed by atoms with E-state index in [1.54, 1.807) is 66.3 Å². The van der Waals surface area contributed by atoms with Gasteiger partial charge in [-0.1, -0.05) is 29.8 Å². The fraction of sp³-hybridized carbons (Fsp3) is 0.143. The lowest BCUT2D eigenvalue weighted by molar-refractivity contribution is 0.0599. The summed E-state index contributed by atoms with van der Waals surface area (Å²) in [7, 11) is 3.08. The van der Waals surface area contributed by atoms with Crippen molar-refractivity contribution in [2.45, 2.75) is 6.92 Å². The summed E-state index contributed by atoms with van der Waals surface area (Å²) < 4.78 is 12.5. The van der Waals surface area contributed by atoms with Crippen molar-refractivity contribution >= 4 is 29.4 Å². The molecule has 2 aromatic carbocycles. The highest BCUT2D eigenvalue weighted by Crippen LogP contribution is 2.32. The maximum absolute atomic E-state index is 12.1. The smallest absolute Gasteiger partial charge is 0.338 e. The Balaban J connectivity index is 2.07. The number of halogens is 1. The number of rotatable bonds is 6. The van der Waals surface area contributed by atoms with Crippen LogP contribution in [0.3, 0.4) is 0 Å². The molecular weight excluding hydrogens is 394 g/mol. The van der Waals surface area contributed by atoms with E-state index in [-0.39, 0.29) is 5.76 Å². The molecule has 0 bridgehead atoms. The second kappa shape index (κ2) is 8.81. The standard InChI is InChI=1S/C21H20ClN3O4/c1-13-18(20(25(2)24-13)28-15-10-8-14(22)9-11-15)12-19(29-23)16-6-4-5-7-17(16)21(26)27-3/h4-12H,23H2,1-3H3. The van der Waals surface area contributed by atoms with Gasteiger partial charge in [0.15, 0.2) is 5.76 Å². The van der Waals surface area contributed by atoms with Crippen molar-refractivity contribution in [3.05, 3.63) is 75.9 Å². The highest BCUT2D eigenvalue weighted by atomic mass is 35.5. The van der Waals surface area contributed by atoms with Crippen molar-refractivity contribution in [1.82, 2.24) is 9.78 Å². The van der Waals surface area contributed by atoms with Crippen LogP contribution in [0.1, 0.15) is 27.2 Å². The Labute approximate surface area is 173 Å². The van der Waals surface area contributed by atoms with Crippen LogP contribution in [0.5, 0.6) is 11.6 Å². The average Bonchev–Trinajstić information content (AvgIpc) is 2.99. The zero-order chi connectivity index (χ0) is 21.0. The van der Waals surface area contributed by atoms with Crippen molar-refractivity contribution in [1.29, 1.82) is 0 Å². The van der Waals surface area contributed by atoms with Crippen molar-refractivity contribution < 1.29 is 19.1 Å². The normalized spacial score (nSPS) is 11.3. The van der Waals surface area contributed by atoms with Gasteiger partial charge in [-0.25, -0.2) is 9.48 Å². The second-order valence-electron chi connectivity index (χ2n) is 6.15. The van der Waals surface area contributed by atoms with E-state index in [2.05, 4.69) is 5.10 Å². The van der Waals surface area contributed by atoms with Gasteiger partial charge in [-0.15, -0.1) is 0 Å². The molecule has 0 saturated carbocycles. The van der Waals surface area contributed by atoms with Crippen LogP contribution in [0.15, 0.2) is 48.5 Å². The molecule has 3 aromatic rings. The first-order chi connectivity index (χ1) is 13.9. The Kier molecular flexibility index (Phi) is 6.21. The van der Waals surface area contributed by atoms with Gasteiger partial charge in [0, 0.05) is 17.6 Å². The van der Waals surface area contributed by atoms with Crippen LogP contribution in [-0.4, -0.2) is 22.9 Å². The van der Waals surface area contributed by atoms with Gasteiger partial charge in [-0.2, -0.15) is 11.0 Å². The SMILES string of the molecule is COC(=O)c1ccccc1C(=Cc1c(C)nn(C)c1Oc1ccc(Cl)cc1)ON. The molecule has 1 aromatic heterocycles. The molecule has 0 radical (unpaired) electrons. The Morgan fingerprint density at radius 1 is 1.14 bits per heavy atom. The Morgan fingerprint density at radius 3 is 2.41 bits per heavy atom. The maximum Gasteiger partial charge on any atom is 0.338 e. The number of esters is 1. The molecule has 8 heteroatoms. The van der Waals surface area contributed by atoms with Crippen LogP contribution >= 0.6 is 11.6 Å². The predicted octanol–water partition coefficient (Wildman–Crippen LogP) is 4.35. The molecular formula is C21H20ClN3O4. The number of carbonyl (C=O) groups is 1. The van der Waals surface area contributed by atoms with Crippen LogP contribution in [0.25, 0.3) is 11.8 Å². The van der Waals surface area contributed by atoms with E-state index in [0.717, 1.165) is 0 Å². The summed E-state index contributed by atoms with van der Waals surface area (Å²) >= 11 is 5.94. The van der Waals surface area contributed by atoms with E-state index in [0.29, 0.717) is 39.0 Å². The first kappa shape index (κ1) is 20.4. The summed E-state index contributed by atoms with van der Waals surface area (Å²) in [5.41, 5.74) is 2.17. The summed E-state index contributed by atoms with van der Waals surface area (Å²) in [6, 6.07) is 13.8. The third-order valence-corrected chi connectivity index (χ3v) is 4.49. The summed E-state index contributed by atoms with van der Waals surface area (Å²) in [4.78, 5) is 17.2. The lowest BCUT2D eigenvalue weighted by Gasteiger charge is -2.11. The minimum absolute atomic E-state index is 0.267. The number of ether oxygens (including phenoxy) is 2. The van der Waals surface area contributed by atoms with Crippen LogP contribution in [0.4, 0.5) is 0 Å². The predicted molar refractivity (Wildman–Crippen MR) is 110 cm³/mol. The largest absolute Gasteiger partial charge is 0.465 e. The number of methoxy groups -OCH3 is 1. The molecule has 0 aliphatic heterocycles. The lowest BCUT2D eigenvalue weighted by atomic mass is 10.0. The highest BCUT2D eigenvalue weighted by molar-refractivity contribution is 6.30. The second-order valence-corrected chi connectivity index (χ2v) is 6.58. The number of carbonyl (C=O) groups excluding carboxylic acids is 1. The zero-order valence-electron chi connectivity index (χ0n) is 16.2. The van der Waals surface area contributed by atoms with Crippen molar-refractivity contribution in [3.8, 4) is 11.6 Å². The Hall–Kier alpha value is -3.29. The number of nitrogens with zero attached hydrogens (tertiary/aromatic N) is 2. The molecule has 0 atom stereocenters. The van der Waals surface area contributed by atoms with Crippen LogP contribution in [0.2, 0.25) is 5.02 Å². The van der Waals surface area contributed by atoms with Crippen molar-refractivity contribution in [2.75, 3.05) is 7.11 Å². The van der Waals surface area contributed by atoms with Gasteiger partial charge in [-0.3, -0.25) is 0 Å². The number of hydrogen-bond donors (Lipinski definition) is 1. The molecule has 2 N–H and O–H groups in total. The fourth-order valence-electron chi connectivity index (χ4n) is 2.85. The summed E-state index contributed by atoms with van der Waals surface area (Å²) in [6.07, 6.45) is 1.68. The van der Waals surface area contributed by atoms with Crippen LogP contribution < -0.4 is 10.6 Å². The quantitative estimate of drug-likeness (QED) is 0.367. The minimum Gasteiger partial charge on any atom is -0.465 e. The Bertz CT molecular complexity index is 1060. The summed E-state index contributed by atoms with van der Waals surface area (Å²) in [6.45, 7) is 1.83. The van der Waals surface area contributed by atoms with E-state index >= 15 is 0 Å². The number of benzene rings is 2. The van der Waals surface area contributed by atoms with Gasteiger partial charge in [0.1, 0.15) is 5.75 Å². The van der Waals surface area contributed by atoms with Crippen LogP contribution in [-0.2, 0) is 16.6 Å². The van der Waals surface area contributed by atoms with Gasteiger partial charge >= 0.3 is 5.97 Å². The minimum atomic E-state index is -0.496. The molecule has 150 valence electrons. The van der Waals surface area contributed by atoms with Crippen molar-refractivity contribution in [2.24, 2.45) is 12.9 Å². The first-order valence-electron chi connectivity index (χ1n) is 8.67. The summed E-state index contributed by atoms with van der Waals surface area (Å²) in [5, 5.41) is 5.02. The molecule has 1 heterocycles. The molecule has 0 saturated heterocycles. The molecule has 0 aliphatic rings. The fourth-order valence-corrected chi connectivity index (χ4v) is 2.97. The van der Waals surface area contributed by atoms with E-state index in [4.69, 9.17) is 31.8 Å². The number of nitrogens with two attached hydrogens (primary N) is 1. The third kappa shape index (κ3) is 4.42. The van der Waals surface area contributed by atoms with E-state index < -0.39 is 5.97 Å². The van der Waals surface area contributed by atoms with E-state index in [1.165, 1.54) is 7.11 Å². The molecule has 3 rings (SSSR count). The van der Waals surface area contributed by atoms with Gasteiger partial charge < -0.3 is 14.3 Å². The molecule has 0 aliphatic carbocycles. The van der Waals surface area contributed by atoms with Gasteiger partial charge in [-0.05, 0) is 43.3 Å². The number of aryl methyl sites for hydroxylation is 2. The maximum atomic E-state index is 12.1. The number of hydrogen-bond acceptors (Lipinski definition) is 6. The highest BCUT2D eigenvalue weighted by Gasteiger charge is 2.19. The van der Waals surface area contributed by atoms with E-state index in [1.807, 2.05) is 6.92 Å². The Morgan fingerprint density at radius 2 is 1.79 bits per heavy atom. The molecule has 0 spiro atoms. The van der Waals surface area contributed by atoms with Crippen molar-refractivity contribution in [3.63, 3.8) is 0 Å². The van der Waals surface area contributed by atoms with E-state index in [9.17, 15) is 4.79 Å². The monoisotopic (exact) mass is 413 g/mol.